The number of Topliss-reactive ketones (excluding diaryl/α,β-unsaturated/α-hetero) is 1. The molecule has 0 aliphatic rings. The van der Waals surface area contributed by atoms with E-state index in [-0.39, 0.29) is 35.1 Å². The van der Waals surface area contributed by atoms with E-state index in [0.29, 0.717) is 0 Å². The van der Waals surface area contributed by atoms with Crippen LogP contribution in [0, 0.1) is 0 Å². The molecule has 24 heavy (non-hydrogen) atoms. The maximum absolute atomic E-state index is 12.7. The van der Waals surface area contributed by atoms with Gasteiger partial charge in [-0.25, -0.2) is 13.2 Å². The van der Waals surface area contributed by atoms with Gasteiger partial charge in [0.2, 0.25) is 10.0 Å². The molecule has 1 rings (SSSR count). The summed E-state index contributed by atoms with van der Waals surface area (Å²) in [5, 5.41) is 0. The first kappa shape index (κ1) is 20.1. The third-order valence-corrected chi connectivity index (χ3v) is 5.65. The molecular weight excluding hydrogens is 334 g/mol. The highest BCUT2D eigenvalue weighted by atomic mass is 32.2. The van der Waals surface area contributed by atoms with Gasteiger partial charge in [0.05, 0.1) is 12.7 Å². The Kier molecular flexibility index (Phi) is 6.92. The molecule has 1 aromatic carbocycles. The number of methoxy groups -OCH3 is 1. The fourth-order valence-electron chi connectivity index (χ4n) is 2.02. The first-order chi connectivity index (χ1) is 11.2. The van der Waals surface area contributed by atoms with Crippen LogP contribution in [0.15, 0.2) is 23.1 Å². The molecule has 0 amide bonds. The zero-order chi connectivity index (χ0) is 18.5. The number of nitrogens with zero attached hydrogens (tertiary/aromatic N) is 1. The first-order valence-corrected chi connectivity index (χ1v) is 9.02. The maximum Gasteiger partial charge on any atom is 0.338 e. The molecule has 0 aromatic heterocycles. The van der Waals surface area contributed by atoms with Crippen molar-refractivity contribution in [1.82, 2.24) is 4.31 Å². The number of hydrogen-bond donors (Lipinski definition) is 0. The molecule has 8 heteroatoms. The van der Waals surface area contributed by atoms with Crippen molar-refractivity contribution in [3.63, 3.8) is 0 Å². The zero-order valence-electron chi connectivity index (χ0n) is 14.5. The van der Waals surface area contributed by atoms with Gasteiger partial charge in [0.25, 0.3) is 0 Å². The number of sulfonamides is 1. The van der Waals surface area contributed by atoms with Crippen LogP contribution in [-0.2, 0) is 19.6 Å². The highest BCUT2D eigenvalue weighted by molar-refractivity contribution is 7.89. The predicted octanol–water partition coefficient (Wildman–Crippen LogP) is 1.86. The average Bonchev–Trinajstić information content (AvgIpc) is 2.54. The Labute approximate surface area is 142 Å². The predicted molar refractivity (Wildman–Crippen MR) is 88.7 cm³/mol. The van der Waals surface area contributed by atoms with Gasteiger partial charge in [-0.2, -0.15) is 4.31 Å². The second-order valence-corrected chi connectivity index (χ2v) is 7.02. The summed E-state index contributed by atoms with van der Waals surface area (Å²) in [5.74, 6) is -0.928. The van der Waals surface area contributed by atoms with E-state index >= 15 is 0 Å². The minimum absolute atomic E-state index is 0.0367. The lowest BCUT2D eigenvalue weighted by molar-refractivity contribution is -0.124. The van der Waals surface area contributed by atoms with Crippen LogP contribution in [0.3, 0.4) is 0 Å². The van der Waals surface area contributed by atoms with Crippen LogP contribution in [0.2, 0.25) is 0 Å². The van der Waals surface area contributed by atoms with Crippen LogP contribution in [0.5, 0.6) is 5.75 Å². The van der Waals surface area contributed by atoms with E-state index in [1.807, 2.05) is 0 Å². The molecule has 0 spiro atoms. The van der Waals surface area contributed by atoms with Crippen molar-refractivity contribution in [2.24, 2.45) is 0 Å². The molecule has 1 aromatic rings. The number of hydrogen-bond acceptors (Lipinski definition) is 6. The normalized spacial score (nSPS) is 12.8. The van der Waals surface area contributed by atoms with E-state index in [9.17, 15) is 18.0 Å². The van der Waals surface area contributed by atoms with Crippen LogP contribution in [0.25, 0.3) is 0 Å². The molecule has 0 N–H and O–H groups in total. The first-order valence-electron chi connectivity index (χ1n) is 7.58. The molecule has 0 radical (unpaired) electrons. The van der Waals surface area contributed by atoms with Crippen molar-refractivity contribution in [2.45, 2.75) is 38.7 Å². The second-order valence-electron chi connectivity index (χ2n) is 5.11. The van der Waals surface area contributed by atoms with E-state index < -0.39 is 22.1 Å². The van der Waals surface area contributed by atoms with Gasteiger partial charge < -0.3 is 9.47 Å². The van der Waals surface area contributed by atoms with E-state index in [1.54, 1.807) is 13.8 Å². The number of ether oxygens (including phenoxy) is 2. The van der Waals surface area contributed by atoms with Gasteiger partial charge in [0.1, 0.15) is 10.6 Å². The Bertz CT molecular complexity index is 709. The van der Waals surface area contributed by atoms with Crippen molar-refractivity contribution >= 4 is 21.8 Å². The summed E-state index contributed by atoms with van der Waals surface area (Å²) in [6.45, 7) is 6.79. The minimum Gasteiger partial charge on any atom is -0.495 e. The number of rotatable bonds is 8. The number of carbonyl (C=O) groups excluding carboxylic acids is 2. The number of esters is 1. The van der Waals surface area contributed by atoms with Gasteiger partial charge in [-0.15, -0.1) is 0 Å². The van der Waals surface area contributed by atoms with Gasteiger partial charge in [-0.1, -0.05) is 13.8 Å². The molecule has 7 nitrogen and oxygen atoms in total. The fourth-order valence-corrected chi connectivity index (χ4v) is 3.66. The summed E-state index contributed by atoms with van der Waals surface area (Å²) in [5.41, 5.74) is 0.0367. The van der Waals surface area contributed by atoms with Crippen molar-refractivity contribution in [1.29, 1.82) is 0 Å². The molecule has 0 saturated heterocycles. The lowest BCUT2D eigenvalue weighted by Crippen LogP contribution is -2.31. The standard InChI is InChI=1S/C16H23NO6S/c1-6-17(7-2)24(20,21)15-10-13(8-9-14(15)22-5)16(19)23-12(4)11(3)18/h8-10,12H,6-7H2,1-5H3. The average molecular weight is 357 g/mol. The van der Waals surface area contributed by atoms with Gasteiger partial charge in [0.15, 0.2) is 11.9 Å². The van der Waals surface area contributed by atoms with Crippen molar-refractivity contribution in [3.05, 3.63) is 23.8 Å². The molecule has 0 saturated carbocycles. The monoisotopic (exact) mass is 357 g/mol. The highest BCUT2D eigenvalue weighted by Crippen LogP contribution is 2.28. The summed E-state index contributed by atoms with van der Waals surface area (Å²) in [4.78, 5) is 23.2. The Morgan fingerprint density at radius 2 is 1.79 bits per heavy atom. The van der Waals surface area contributed by atoms with Crippen LogP contribution in [0.1, 0.15) is 38.1 Å². The lowest BCUT2D eigenvalue weighted by atomic mass is 10.2. The third kappa shape index (κ3) is 4.33. The smallest absolute Gasteiger partial charge is 0.338 e. The van der Waals surface area contributed by atoms with E-state index in [0.717, 1.165) is 0 Å². The van der Waals surface area contributed by atoms with Crippen LogP contribution in [0.4, 0.5) is 0 Å². The summed E-state index contributed by atoms with van der Waals surface area (Å²) in [6, 6.07) is 4.00. The minimum atomic E-state index is -3.81. The number of benzene rings is 1. The SMILES string of the molecule is CCN(CC)S(=O)(=O)c1cc(C(=O)OC(C)C(C)=O)ccc1OC. The summed E-state index contributed by atoms with van der Waals surface area (Å²) in [7, 11) is -2.46. The fraction of sp³-hybridized carbons (Fsp3) is 0.500. The van der Waals surface area contributed by atoms with E-state index in [1.165, 1.54) is 43.5 Å². The van der Waals surface area contributed by atoms with Gasteiger partial charge in [-0.3, -0.25) is 4.79 Å². The molecule has 1 unspecified atom stereocenters. The van der Waals surface area contributed by atoms with Crippen molar-refractivity contribution in [3.8, 4) is 5.75 Å². The Morgan fingerprint density at radius 1 is 1.21 bits per heavy atom. The number of ketones is 1. The second kappa shape index (κ2) is 8.25. The van der Waals surface area contributed by atoms with Crippen LogP contribution < -0.4 is 4.74 Å². The lowest BCUT2D eigenvalue weighted by Gasteiger charge is -2.20. The molecule has 0 bridgehead atoms. The van der Waals surface area contributed by atoms with Gasteiger partial charge in [-0.05, 0) is 32.0 Å². The summed E-state index contributed by atoms with van der Waals surface area (Å²) >= 11 is 0. The Hall–Kier alpha value is -1.93. The largest absolute Gasteiger partial charge is 0.495 e. The highest BCUT2D eigenvalue weighted by Gasteiger charge is 2.27. The molecule has 134 valence electrons. The van der Waals surface area contributed by atoms with Gasteiger partial charge in [0, 0.05) is 13.1 Å². The van der Waals surface area contributed by atoms with Crippen LogP contribution >= 0.6 is 0 Å². The van der Waals surface area contributed by atoms with E-state index in [2.05, 4.69) is 0 Å². The Balaban J connectivity index is 3.31. The van der Waals surface area contributed by atoms with Crippen molar-refractivity contribution < 1.29 is 27.5 Å². The summed E-state index contributed by atoms with van der Waals surface area (Å²) in [6.07, 6.45) is -0.901. The van der Waals surface area contributed by atoms with Gasteiger partial charge >= 0.3 is 5.97 Å². The maximum atomic E-state index is 12.7. The summed E-state index contributed by atoms with van der Waals surface area (Å²) < 4.78 is 36.8. The van der Waals surface area contributed by atoms with Crippen molar-refractivity contribution in [2.75, 3.05) is 20.2 Å². The van der Waals surface area contributed by atoms with E-state index in [4.69, 9.17) is 9.47 Å². The molecule has 0 fully saturated rings. The molecular formula is C16H23NO6S. The topological polar surface area (TPSA) is 90.0 Å². The van der Waals surface area contributed by atoms with Crippen LogP contribution in [-0.4, -0.2) is 50.8 Å². The Morgan fingerprint density at radius 3 is 2.25 bits per heavy atom. The quantitative estimate of drug-likeness (QED) is 0.660. The zero-order valence-corrected chi connectivity index (χ0v) is 15.3. The molecule has 0 aliphatic carbocycles. The third-order valence-electron chi connectivity index (χ3n) is 3.58. The molecule has 0 aliphatic heterocycles. The number of carbonyl (C=O) groups is 2. The molecule has 0 heterocycles. The molecule has 1 atom stereocenters.